The molecule has 2 aromatic rings. The van der Waals surface area contributed by atoms with E-state index in [2.05, 4.69) is 22.0 Å². The van der Waals surface area contributed by atoms with Crippen LogP contribution in [-0.4, -0.2) is 49.5 Å². The van der Waals surface area contributed by atoms with Crippen molar-refractivity contribution in [2.75, 3.05) is 33.4 Å². The standard InChI is InChI=1S/C19H21BrN2O3/c1-22(10-11-24-18-8-4-16(20)5-9-18)13-17(23)14-25-19-6-2-15(12-21)3-7-19/h2-9,17,23H,10-11,13-14H2,1H3/t17-/m0/s1. The molecule has 0 aliphatic rings. The molecule has 2 rings (SSSR count). The SMILES string of the molecule is CN(CCOc1ccc(Br)cc1)C[C@H](O)COc1ccc(C#N)cc1. The Morgan fingerprint density at radius 1 is 1.08 bits per heavy atom. The summed E-state index contributed by atoms with van der Waals surface area (Å²) < 4.78 is 12.2. The maximum Gasteiger partial charge on any atom is 0.119 e. The molecule has 0 radical (unpaired) electrons. The Bertz CT molecular complexity index is 683. The van der Waals surface area contributed by atoms with Crippen LogP contribution in [0.3, 0.4) is 0 Å². The lowest BCUT2D eigenvalue weighted by molar-refractivity contribution is 0.0723. The van der Waals surface area contributed by atoms with Crippen LogP contribution >= 0.6 is 15.9 Å². The molecule has 0 aliphatic carbocycles. The van der Waals surface area contributed by atoms with Crippen molar-refractivity contribution in [1.82, 2.24) is 4.90 Å². The van der Waals surface area contributed by atoms with Crippen molar-refractivity contribution in [3.63, 3.8) is 0 Å². The van der Waals surface area contributed by atoms with Crippen molar-refractivity contribution < 1.29 is 14.6 Å². The van der Waals surface area contributed by atoms with Crippen LogP contribution in [0.25, 0.3) is 0 Å². The minimum atomic E-state index is -0.603. The lowest BCUT2D eigenvalue weighted by atomic mass is 10.2. The Morgan fingerprint density at radius 2 is 1.68 bits per heavy atom. The highest BCUT2D eigenvalue weighted by atomic mass is 79.9. The smallest absolute Gasteiger partial charge is 0.119 e. The summed E-state index contributed by atoms with van der Waals surface area (Å²) in [6.45, 7) is 1.93. The first-order valence-electron chi connectivity index (χ1n) is 7.95. The number of nitriles is 1. The van der Waals surface area contributed by atoms with Crippen molar-refractivity contribution in [1.29, 1.82) is 5.26 Å². The molecule has 0 aliphatic heterocycles. The first-order chi connectivity index (χ1) is 12.1. The van der Waals surface area contributed by atoms with Gasteiger partial charge in [-0.05, 0) is 55.6 Å². The van der Waals surface area contributed by atoms with Crippen LogP contribution in [0.4, 0.5) is 0 Å². The van der Waals surface area contributed by atoms with Gasteiger partial charge in [-0.3, -0.25) is 0 Å². The van der Waals surface area contributed by atoms with Gasteiger partial charge < -0.3 is 19.5 Å². The fourth-order valence-electron chi connectivity index (χ4n) is 2.17. The Hall–Kier alpha value is -2.07. The molecular weight excluding hydrogens is 384 g/mol. The van der Waals surface area contributed by atoms with Crippen molar-refractivity contribution in [2.45, 2.75) is 6.10 Å². The number of likely N-dealkylation sites (N-methyl/N-ethyl adjacent to an activating group) is 1. The van der Waals surface area contributed by atoms with Gasteiger partial charge in [-0.15, -0.1) is 0 Å². The summed E-state index contributed by atoms with van der Waals surface area (Å²) in [5, 5.41) is 18.8. The predicted molar refractivity (Wildman–Crippen MR) is 99.8 cm³/mol. The number of benzene rings is 2. The quantitative estimate of drug-likeness (QED) is 0.695. The van der Waals surface area contributed by atoms with E-state index in [0.29, 0.717) is 31.0 Å². The number of nitrogens with zero attached hydrogens (tertiary/aromatic N) is 2. The number of hydrogen-bond acceptors (Lipinski definition) is 5. The van der Waals surface area contributed by atoms with Crippen molar-refractivity contribution in [2.24, 2.45) is 0 Å². The molecule has 0 heterocycles. The Morgan fingerprint density at radius 3 is 2.32 bits per heavy atom. The van der Waals surface area contributed by atoms with Crippen molar-refractivity contribution in [3.8, 4) is 17.6 Å². The molecule has 1 atom stereocenters. The van der Waals surface area contributed by atoms with Crippen molar-refractivity contribution in [3.05, 3.63) is 58.6 Å². The minimum Gasteiger partial charge on any atom is -0.492 e. The molecule has 132 valence electrons. The Labute approximate surface area is 156 Å². The van der Waals surface area contributed by atoms with Gasteiger partial charge in [0, 0.05) is 17.6 Å². The van der Waals surface area contributed by atoms with Gasteiger partial charge in [0.2, 0.25) is 0 Å². The highest BCUT2D eigenvalue weighted by molar-refractivity contribution is 9.10. The summed E-state index contributed by atoms with van der Waals surface area (Å²) in [6, 6.07) is 16.6. The zero-order chi connectivity index (χ0) is 18.1. The molecule has 25 heavy (non-hydrogen) atoms. The van der Waals surface area contributed by atoms with E-state index in [0.717, 1.165) is 10.2 Å². The van der Waals surface area contributed by atoms with Crippen molar-refractivity contribution >= 4 is 15.9 Å². The third-order valence-corrected chi connectivity index (χ3v) is 4.03. The summed E-state index contributed by atoms with van der Waals surface area (Å²) in [6.07, 6.45) is -0.603. The predicted octanol–water partition coefficient (Wildman–Crippen LogP) is 3.07. The first-order valence-corrected chi connectivity index (χ1v) is 8.74. The van der Waals surface area contributed by atoms with Gasteiger partial charge in [-0.1, -0.05) is 15.9 Å². The number of rotatable bonds is 9. The summed E-state index contributed by atoms with van der Waals surface area (Å²) >= 11 is 3.39. The average molecular weight is 405 g/mol. The molecule has 1 N–H and O–H groups in total. The van der Waals surface area contributed by atoms with Gasteiger partial charge in [0.05, 0.1) is 11.6 Å². The Kier molecular flexibility index (Phi) is 7.74. The molecule has 0 fully saturated rings. The second kappa shape index (κ2) is 10.0. The molecule has 0 aromatic heterocycles. The van der Waals surface area contributed by atoms with E-state index < -0.39 is 6.10 Å². The Balaban J connectivity index is 1.64. The van der Waals surface area contributed by atoms with Gasteiger partial charge in [0.1, 0.15) is 30.8 Å². The third-order valence-electron chi connectivity index (χ3n) is 3.50. The monoisotopic (exact) mass is 404 g/mol. The van der Waals surface area contributed by atoms with Gasteiger partial charge in [-0.25, -0.2) is 0 Å². The summed E-state index contributed by atoms with van der Waals surface area (Å²) in [5.41, 5.74) is 0.582. The van der Waals surface area contributed by atoms with Crippen LogP contribution in [-0.2, 0) is 0 Å². The topological polar surface area (TPSA) is 65.7 Å². The van der Waals surface area contributed by atoms with Crippen LogP contribution in [0.15, 0.2) is 53.0 Å². The summed E-state index contributed by atoms with van der Waals surface area (Å²) in [7, 11) is 1.93. The average Bonchev–Trinajstić information content (AvgIpc) is 2.62. The minimum absolute atomic E-state index is 0.198. The van der Waals surface area contributed by atoms with Crippen LogP contribution < -0.4 is 9.47 Å². The van der Waals surface area contributed by atoms with E-state index in [-0.39, 0.29) is 6.61 Å². The second-order valence-electron chi connectivity index (χ2n) is 5.67. The lowest BCUT2D eigenvalue weighted by Gasteiger charge is -2.21. The van der Waals surface area contributed by atoms with Gasteiger partial charge in [0.25, 0.3) is 0 Å². The number of aliphatic hydroxyl groups is 1. The normalized spacial score (nSPS) is 11.8. The molecular formula is C19H21BrN2O3. The number of ether oxygens (including phenoxy) is 2. The molecule has 6 heteroatoms. The molecule has 0 amide bonds. The zero-order valence-corrected chi connectivity index (χ0v) is 15.6. The first kappa shape index (κ1) is 19.3. The van der Waals surface area contributed by atoms with Crippen LogP contribution in [0.1, 0.15) is 5.56 Å². The fourth-order valence-corrected chi connectivity index (χ4v) is 2.44. The lowest BCUT2D eigenvalue weighted by Crippen LogP contribution is -2.35. The maximum atomic E-state index is 10.1. The molecule has 5 nitrogen and oxygen atoms in total. The maximum absolute atomic E-state index is 10.1. The van der Waals surface area contributed by atoms with Crippen LogP contribution in [0, 0.1) is 11.3 Å². The van der Waals surface area contributed by atoms with Crippen LogP contribution in [0.5, 0.6) is 11.5 Å². The molecule has 0 saturated heterocycles. The molecule has 0 bridgehead atoms. The molecule has 2 aromatic carbocycles. The van der Waals surface area contributed by atoms with E-state index >= 15 is 0 Å². The molecule has 0 unspecified atom stereocenters. The van der Waals surface area contributed by atoms with Gasteiger partial charge in [0.15, 0.2) is 0 Å². The van der Waals surface area contributed by atoms with E-state index in [1.165, 1.54) is 0 Å². The highest BCUT2D eigenvalue weighted by Crippen LogP contribution is 2.16. The number of halogens is 1. The fraction of sp³-hybridized carbons (Fsp3) is 0.316. The third kappa shape index (κ3) is 7.14. The van der Waals surface area contributed by atoms with Gasteiger partial charge >= 0.3 is 0 Å². The van der Waals surface area contributed by atoms with E-state index in [1.54, 1.807) is 24.3 Å². The molecule has 0 spiro atoms. The van der Waals surface area contributed by atoms with E-state index in [4.69, 9.17) is 14.7 Å². The molecule has 0 saturated carbocycles. The second-order valence-corrected chi connectivity index (χ2v) is 6.58. The highest BCUT2D eigenvalue weighted by Gasteiger charge is 2.09. The number of hydrogen-bond donors (Lipinski definition) is 1. The number of aliphatic hydroxyl groups excluding tert-OH is 1. The summed E-state index contributed by atoms with van der Waals surface area (Å²) in [4.78, 5) is 1.99. The summed E-state index contributed by atoms with van der Waals surface area (Å²) in [5.74, 6) is 1.46. The zero-order valence-electron chi connectivity index (χ0n) is 14.1. The van der Waals surface area contributed by atoms with E-state index in [9.17, 15) is 5.11 Å². The van der Waals surface area contributed by atoms with Crippen LogP contribution in [0.2, 0.25) is 0 Å². The van der Waals surface area contributed by atoms with E-state index in [1.807, 2.05) is 36.2 Å². The largest absolute Gasteiger partial charge is 0.492 e. The van der Waals surface area contributed by atoms with Gasteiger partial charge in [-0.2, -0.15) is 5.26 Å².